The molecule has 1 amide bonds. The van der Waals surface area contributed by atoms with E-state index in [9.17, 15) is 4.79 Å². The average molecular weight is 510 g/mol. The van der Waals surface area contributed by atoms with E-state index in [1.54, 1.807) is 31.2 Å². The number of benzene rings is 1. The molecule has 2 atom stereocenters. The number of aromatic nitrogens is 5. The fraction of sp³-hybridized carbons (Fsp3) is 0.348. The molecule has 0 aliphatic heterocycles. The number of halogens is 1. The van der Waals surface area contributed by atoms with Gasteiger partial charge in [-0.1, -0.05) is 13.0 Å². The van der Waals surface area contributed by atoms with Crippen LogP contribution in [0.2, 0.25) is 0 Å². The lowest BCUT2D eigenvalue weighted by Gasteiger charge is -2.22. The van der Waals surface area contributed by atoms with E-state index in [1.165, 1.54) is 0 Å². The SMILES string of the molecule is CNC(=O)C1(C)CC[C@@H](Nc2ncc3c(Br)nn(-c4ccc5cnc(OC)cc5c4)c3n2)C1. The molecule has 1 unspecified atom stereocenters. The maximum Gasteiger partial charge on any atom is 0.225 e. The van der Waals surface area contributed by atoms with E-state index >= 15 is 0 Å². The Hall–Kier alpha value is -3.27. The molecule has 3 heterocycles. The van der Waals surface area contributed by atoms with E-state index in [0.29, 0.717) is 22.1 Å². The second-order valence-corrected chi connectivity index (χ2v) is 9.37. The van der Waals surface area contributed by atoms with E-state index in [1.807, 2.05) is 31.2 Å². The summed E-state index contributed by atoms with van der Waals surface area (Å²) in [6, 6.07) is 8.03. The third-order valence-electron chi connectivity index (χ3n) is 6.36. The zero-order chi connectivity index (χ0) is 23.2. The largest absolute Gasteiger partial charge is 0.481 e. The lowest BCUT2D eigenvalue weighted by molar-refractivity contribution is -0.129. The Morgan fingerprint density at radius 3 is 2.88 bits per heavy atom. The first-order valence-corrected chi connectivity index (χ1v) is 11.5. The van der Waals surface area contributed by atoms with Crippen molar-refractivity contribution >= 4 is 49.6 Å². The first kappa shape index (κ1) is 21.6. The number of amides is 1. The predicted octanol–water partition coefficient (Wildman–Crippen LogP) is 3.85. The molecule has 0 radical (unpaired) electrons. The fourth-order valence-electron chi connectivity index (χ4n) is 4.52. The van der Waals surface area contributed by atoms with E-state index in [0.717, 1.165) is 41.1 Å². The molecule has 1 aliphatic carbocycles. The van der Waals surface area contributed by atoms with Crippen LogP contribution in [-0.4, -0.2) is 50.8 Å². The minimum atomic E-state index is -0.373. The Bertz CT molecular complexity index is 1370. The summed E-state index contributed by atoms with van der Waals surface area (Å²) in [4.78, 5) is 25.8. The lowest BCUT2D eigenvalue weighted by atomic mass is 9.87. The molecular weight excluding hydrogens is 486 g/mol. The van der Waals surface area contributed by atoms with Gasteiger partial charge in [-0.2, -0.15) is 10.1 Å². The molecule has 1 fully saturated rings. The van der Waals surface area contributed by atoms with Crippen molar-refractivity contribution in [3.05, 3.63) is 41.3 Å². The van der Waals surface area contributed by atoms with E-state index in [-0.39, 0.29) is 17.4 Å². The topological polar surface area (TPSA) is 107 Å². The summed E-state index contributed by atoms with van der Waals surface area (Å²) in [5, 5.41) is 13.6. The molecule has 3 aromatic heterocycles. The van der Waals surface area contributed by atoms with Crippen molar-refractivity contribution in [3.8, 4) is 11.6 Å². The van der Waals surface area contributed by atoms with Crippen LogP contribution in [0.3, 0.4) is 0 Å². The number of nitrogens with one attached hydrogen (secondary N) is 2. The Kier molecular flexibility index (Phi) is 5.40. The molecule has 0 saturated heterocycles. The highest BCUT2D eigenvalue weighted by atomic mass is 79.9. The van der Waals surface area contributed by atoms with Crippen LogP contribution in [0.15, 0.2) is 41.3 Å². The van der Waals surface area contributed by atoms with Crippen molar-refractivity contribution in [2.75, 3.05) is 19.5 Å². The molecule has 1 aliphatic rings. The van der Waals surface area contributed by atoms with Crippen LogP contribution in [0.1, 0.15) is 26.2 Å². The minimum absolute atomic E-state index is 0.0771. The number of methoxy groups -OCH3 is 1. The number of pyridine rings is 1. The van der Waals surface area contributed by atoms with Gasteiger partial charge in [0.05, 0.1) is 18.2 Å². The van der Waals surface area contributed by atoms with Crippen molar-refractivity contribution in [1.82, 2.24) is 30.0 Å². The van der Waals surface area contributed by atoms with Crippen LogP contribution < -0.4 is 15.4 Å². The number of hydrogen-bond donors (Lipinski definition) is 2. The fourth-order valence-corrected chi connectivity index (χ4v) is 4.96. The quantitative estimate of drug-likeness (QED) is 0.420. The second kappa shape index (κ2) is 8.26. The molecule has 5 rings (SSSR count). The molecule has 10 heteroatoms. The van der Waals surface area contributed by atoms with Crippen LogP contribution in [0, 0.1) is 5.41 Å². The Morgan fingerprint density at radius 1 is 1.24 bits per heavy atom. The van der Waals surface area contributed by atoms with Gasteiger partial charge in [-0.3, -0.25) is 4.79 Å². The van der Waals surface area contributed by atoms with Gasteiger partial charge in [-0.25, -0.2) is 14.6 Å². The van der Waals surface area contributed by atoms with Crippen molar-refractivity contribution in [1.29, 1.82) is 0 Å². The normalized spacial score (nSPS) is 20.3. The molecule has 170 valence electrons. The molecule has 4 aromatic rings. The third kappa shape index (κ3) is 3.88. The third-order valence-corrected chi connectivity index (χ3v) is 6.95. The van der Waals surface area contributed by atoms with E-state index in [2.05, 4.69) is 41.6 Å². The maximum atomic E-state index is 12.2. The summed E-state index contributed by atoms with van der Waals surface area (Å²) >= 11 is 3.53. The predicted molar refractivity (Wildman–Crippen MR) is 130 cm³/mol. The van der Waals surface area contributed by atoms with Gasteiger partial charge in [0.2, 0.25) is 17.7 Å². The molecule has 33 heavy (non-hydrogen) atoms. The van der Waals surface area contributed by atoms with E-state index in [4.69, 9.17) is 9.72 Å². The average Bonchev–Trinajstić information content (AvgIpc) is 3.37. The highest BCUT2D eigenvalue weighted by molar-refractivity contribution is 9.10. The monoisotopic (exact) mass is 509 g/mol. The number of carbonyl (C=O) groups is 1. The van der Waals surface area contributed by atoms with Crippen molar-refractivity contribution in [2.24, 2.45) is 5.41 Å². The highest BCUT2D eigenvalue weighted by Gasteiger charge is 2.40. The number of fused-ring (bicyclic) bond motifs is 2. The Morgan fingerprint density at radius 2 is 2.09 bits per heavy atom. The summed E-state index contributed by atoms with van der Waals surface area (Å²) in [6.45, 7) is 2.01. The summed E-state index contributed by atoms with van der Waals surface area (Å²) < 4.78 is 7.73. The van der Waals surface area contributed by atoms with Gasteiger partial charge in [0, 0.05) is 42.4 Å². The van der Waals surface area contributed by atoms with Crippen molar-refractivity contribution in [3.63, 3.8) is 0 Å². The lowest BCUT2D eigenvalue weighted by Crippen LogP contribution is -2.35. The molecule has 9 nitrogen and oxygen atoms in total. The zero-order valence-electron chi connectivity index (χ0n) is 18.6. The molecule has 1 aromatic carbocycles. The van der Waals surface area contributed by atoms with Gasteiger partial charge in [-0.15, -0.1) is 0 Å². The van der Waals surface area contributed by atoms with E-state index < -0.39 is 0 Å². The zero-order valence-corrected chi connectivity index (χ0v) is 20.2. The number of hydrogen-bond acceptors (Lipinski definition) is 7. The smallest absolute Gasteiger partial charge is 0.225 e. The first-order chi connectivity index (χ1) is 15.9. The van der Waals surface area contributed by atoms with Crippen LogP contribution in [0.4, 0.5) is 5.95 Å². The van der Waals surface area contributed by atoms with Gasteiger partial charge >= 0.3 is 0 Å². The molecule has 2 N–H and O–H groups in total. The van der Waals surface area contributed by atoms with Crippen molar-refractivity contribution < 1.29 is 9.53 Å². The van der Waals surface area contributed by atoms with Gasteiger partial charge in [0.1, 0.15) is 4.60 Å². The molecule has 0 bridgehead atoms. The van der Waals surface area contributed by atoms with Crippen LogP contribution in [0.5, 0.6) is 5.88 Å². The number of anilines is 1. The summed E-state index contributed by atoms with van der Waals surface area (Å²) in [5.74, 6) is 1.16. The van der Waals surface area contributed by atoms with Gasteiger partial charge in [0.25, 0.3) is 0 Å². The first-order valence-electron chi connectivity index (χ1n) is 10.7. The Labute approximate surface area is 199 Å². The molecule has 1 saturated carbocycles. The second-order valence-electron chi connectivity index (χ2n) is 8.62. The van der Waals surface area contributed by atoms with Gasteiger partial charge in [-0.05, 0) is 52.7 Å². The van der Waals surface area contributed by atoms with Crippen LogP contribution in [0.25, 0.3) is 27.5 Å². The highest BCUT2D eigenvalue weighted by Crippen LogP contribution is 2.39. The summed E-state index contributed by atoms with van der Waals surface area (Å²) in [5.41, 5.74) is 1.18. The van der Waals surface area contributed by atoms with Gasteiger partial charge in [0.15, 0.2) is 5.65 Å². The van der Waals surface area contributed by atoms with Crippen LogP contribution >= 0.6 is 15.9 Å². The Balaban J connectivity index is 1.48. The maximum absolute atomic E-state index is 12.2. The molecule has 0 spiro atoms. The number of carbonyl (C=O) groups excluding carboxylic acids is 1. The minimum Gasteiger partial charge on any atom is -0.481 e. The van der Waals surface area contributed by atoms with Crippen molar-refractivity contribution in [2.45, 2.75) is 32.2 Å². The summed E-state index contributed by atoms with van der Waals surface area (Å²) in [6.07, 6.45) is 5.99. The number of nitrogens with zero attached hydrogens (tertiary/aromatic N) is 5. The standard InChI is InChI=1S/C23H24BrN7O2/c1-23(21(32)25-2)7-6-15(10-23)28-22-27-12-17-19(24)30-31(20(17)29-22)16-5-4-13-11-26-18(33-3)9-14(13)8-16/h4-5,8-9,11-12,15H,6-7,10H2,1-3H3,(H,25,32)(H,27,28,29)/t15-,23?/m1/s1. The summed E-state index contributed by atoms with van der Waals surface area (Å²) in [7, 11) is 3.28. The van der Waals surface area contributed by atoms with Crippen LogP contribution in [-0.2, 0) is 4.79 Å². The number of ether oxygens (including phenoxy) is 1. The number of rotatable bonds is 5. The van der Waals surface area contributed by atoms with Gasteiger partial charge < -0.3 is 15.4 Å². The molecular formula is C23H24BrN7O2.